The lowest BCUT2D eigenvalue weighted by atomic mass is 9.96. The van der Waals surface area contributed by atoms with E-state index in [-0.39, 0.29) is 5.04 Å². The van der Waals surface area contributed by atoms with Crippen LogP contribution in [0.4, 0.5) is 0 Å². The van der Waals surface area contributed by atoms with Crippen molar-refractivity contribution in [2.45, 2.75) is 50.6 Å². The smallest absolute Gasteiger partial charge is 0.349 e. The van der Waals surface area contributed by atoms with Gasteiger partial charge in [0.2, 0.25) is 8.32 Å². The van der Waals surface area contributed by atoms with Gasteiger partial charge < -0.3 is 13.9 Å². The summed E-state index contributed by atoms with van der Waals surface area (Å²) in [4.78, 5) is 12.6. The average Bonchev–Trinajstić information content (AvgIpc) is 3.36. The number of esters is 1. The number of carbonyl (C=O) groups excluding carboxylic acids is 1. The molecule has 5 heteroatoms. The van der Waals surface area contributed by atoms with E-state index in [1.54, 1.807) is 0 Å². The van der Waals surface area contributed by atoms with Gasteiger partial charge in [-0.05, 0) is 40.5 Å². The van der Waals surface area contributed by atoms with E-state index < -0.39 is 26.0 Å². The molecule has 0 radical (unpaired) electrons. The third kappa shape index (κ3) is 3.30. The number of carbonyl (C=O) groups is 1. The summed E-state index contributed by atoms with van der Waals surface area (Å²) in [7, 11) is -0.794. The van der Waals surface area contributed by atoms with Gasteiger partial charge in [-0.2, -0.15) is 0 Å². The molecule has 2 atom stereocenters. The lowest BCUT2D eigenvalue weighted by Gasteiger charge is -2.37. The third-order valence-corrected chi connectivity index (χ3v) is 10.1. The molecule has 2 aromatic carbocycles. The molecule has 1 aliphatic rings. The van der Waals surface area contributed by atoms with Crippen LogP contribution in [0.3, 0.4) is 0 Å². The van der Waals surface area contributed by atoms with E-state index in [9.17, 15) is 4.79 Å². The molecule has 0 saturated carbocycles. The summed E-state index contributed by atoms with van der Waals surface area (Å²) >= 11 is 0. The van der Waals surface area contributed by atoms with Gasteiger partial charge in [-0.25, -0.2) is 4.79 Å². The number of ether oxygens (including phenoxy) is 2. The van der Waals surface area contributed by atoms with Crippen LogP contribution in [0.25, 0.3) is 10.8 Å². The van der Waals surface area contributed by atoms with E-state index in [2.05, 4.69) is 46.5 Å². The maximum absolute atomic E-state index is 12.6. The molecule has 0 amide bonds. The van der Waals surface area contributed by atoms with Gasteiger partial charge in [0.15, 0.2) is 0 Å². The zero-order valence-corrected chi connectivity index (χ0v) is 18.0. The lowest BCUT2D eigenvalue weighted by molar-refractivity contribution is -0.146. The highest BCUT2D eigenvalue weighted by Gasteiger charge is 2.68. The molecular weight excluding hydrogens is 356 g/mol. The van der Waals surface area contributed by atoms with Crippen LogP contribution in [0.15, 0.2) is 54.8 Å². The van der Waals surface area contributed by atoms with E-state index >= 15 is 0 Å². The van der Waals surface area contributed by atoms with Crippen LogP contribution < -0.4 is 0 Å². The standard InChI is InChI=1S/C22H28O4Si/c1-15(26-27(6,7)21(2,3)4)22(20(23)24-5)19(25-22)18-13-12-16-10-8-9-11-17(16)14-18/h8-14,19H,1H2,2-7H3/t19-,22-/m0/s1. The molecule has 2 aromatic rings. The van der Waals surface area contributed by atoms with Crippen molar-refractivity contribution in [3.8, 4) is 0 Å². The second-order valence-electron chi connectivity index (χ2n) is 8.62. The minimum Gasteiger partial charge on any atom is -0.544 e. The highest BCUT2D eigenvalue weighted by atomic mass is 28.4. The monoisotopic (exact) mass is 384 g/mol. The van der Waals surface area contributed by atoms with Crippen molar-refractivity contribution < 1.29 is 18.7 Å². The first-order valence-electron chi connectivity index (χ1n) is 9.16. The van der Waals surface area contributed by atoms with Gasteiger partial charge in [0.25, 0.3) is 5.60 Å². The fraction of sp³-hybridized carbons (Fsp3) is 0.409. The summed E-state index contributed by atoms with van der Waals surface area (Å²) in [5, 5.41) is 2.22. The number of methoxy groups -OCH3 is 1. The highest BCUT2D eigenvalue weighted by Crippen LogP contribution is 2.56. The van der Waals surface area contributed by atoms with Gasteiger partial charge in [0.05, 0.1) is 7.11 Å². The highest BCUT2D eigenvalue weighted by molar-refractivity contribution is 6.74. The van der Waals surface area contributed by atoms with Crippen LogP contribution in [0.5, 0.6) is 0 Å². The lowest BCUT2D eigenvalue weighted by Crippen LogP contribution is -2.43. The zero-order chi connectivity index (χ0) is 20.0. The van der Waals surface area contributed by atoms with Gasteiger partial charge in [0, 0.05) is 0 Å². The molecule has 0 aromatic heterocycles. The molecule has 4 nitrogen and oxygen atoms in total. The number of hydrogen-bond donors (Lipinski definition) is 0. The van der Waals surface area contributed by atoms with Crippen LogP contribution in [-0.4, -0.2) is 27.0 Å². The van der Waals surface area contributed by atoms with Crippen LogP contribution in [0.1, 0.15) is 32.4 Å². The Labute approximate surface area is 162 Å². The number of epoxide rings is 1. The molecule has 1 heterocycles. The minimum absolute atomic E-state index is 0.0133. The summed E-state index contributed by atoms with van der Waals surface area (Å²) in [6.07, 6.45) is -0.452. The van der Waals surface area contributed by atoms with Crippen molar-refractivity contribution in [2.75, 3.05) is 7.11 Å². The molecular formula is C22H28O4Si. The van der Waals surface area contributed by atoms with Crippen LogP contribution in [0, 0.1) is 0 Å². The molecule has 0 N–H and O–H groups in total. The van der Waals surface area contributed by atoms with Crippen molar-refractivity contribution in [2.24, 2.45) is 0 Å². The molecule has 1 fully saturated rings. The summed E-state index contributed by atoms with van der Waals surface area (Å²) < 4.78 is 17.3. The minimum atomic E-state index is -2.16. The molecule has 27 heavy (non-hydrogen) atoms. The molecule has 0 aliphatic carbocycles. The fourth-order valence-corrected chi connectivity index (χ4v) is 4.07. The maximum Gasteiger partial charge on any atom is 0.349 e. The summed E-state index contributed by atoms with van der Waals surface area (Å²) in [6.45, 7) is 14.8. The van der Waals surface area contributed by atoms with Gasteiger partial charge in [-0.3, -0.25) is 0 Å². The quantitative estimate of drug-likeness (QED) is 0.301. The third-order valence-electron chi connectivity index (χ3n) is 5.78. The second kappa shape index (κ2) is 6.50. The first kappa shape index (κ1) is 19.6. The van der Waals surface area contributed by atoms with Gasteiger partial charge in [-0.1, -0.05) is 63.7 Å². The average molecular weight is 385 g/mol. The van der Waals surface area contributed by atoms with Crippen molar-refractivity contribution in [3.63, 3.8) is 0 Å². The molecule has 0 unspecified atom stereocenters. The molecule has 3 rings (SSSR count). The predicted molar refractivity (Wildman–Crippen MR) is 110 cm³/mol. The van der Waals surface area contributed by atoms with E-state index in [0.717, 1.165) is 16.3 Å². The van der Waals surface area contributed by atoms with Gasteiger partial charge >= 0.3 is 5.97 Å². The Morgan fingerprint density at radius 2 is 1.78 bits per heavy atom. The molecule has 1 aliphatic heterocycles. The predicted octanol–water partition coefficient (Wildman–Crippen LogP) is 5.36. The molecule has 0 bridgehead atoms. The molecule has 1 saturated heterocycles. The van der Waals surface area contributed by atoms with Crippen LogP contribution >= 0.6 is 0 Å². The topological polar surface area (TPSA) is 48.1 Å². The number of benzene rings is 2. The Kier molecular flexibility index (Phi) is 4.73. The Morgan fingerprint density at radius 3 is 2.37 bits per heavy atom. The van der Waals surface area contributed by atoms with Crippen molar-refractivity contribution in [3.05, 3.63) is 60.4 Å². The fourth-order valence-electron chi connectivity index (χ4n) is 2.99. The SMILES string of the molecule is C=C(O[Si](C)(C)C(C)(C)C)[C@]1(C(=O)OC)O[C@H]1c1ccc2ccccc2c1. The number of hydrogen-bond acceptors (Lipinski definition) is 4. The van der Waals surface area contributed by atoms with E-state index in [0.29, 0.717) is 5.76 Å². The van der Waals surface area contributed by atoms with E-state index in [1.807, 2.05) is 36.4 Å². The Hall–Kier alpha value is -2.11. The van der Waals surface area contributed by atoms with Crippen molar-refractivity contribution >= 4 is 25.1 Å². The second-order valence-corrected chi connectivity index (χ2v) is 13.3. The van der Waals surface area contributed by atoms with Crippen molar-refractivity contribution in [1.29, 1.82) is 0 Å². The number of rotatable bonds is 5. The number of fused-ring (bicyclic) bond motifs is 1. The Balaban J connectivity index is 1.93. The van der Waals surface area contributed by atoms with E-state index in [4.69, 9.17) is 13.9 Å². The summed E-state index contributed by atoms with van der Waals surface area (Å²) in [6, 6.07) is 14.2. The first-order valence-corrected chi connectivity index (χ1v) is 12.1. The molecule has 144 valence electrons. The zero-order valence-electron chi connectivity index (χ0n) is 17.0. The van der Waals surface area contributed by atoms with Crippen LogP contribution in [0.2, 0.25) is 18.1 Å². The Morgan fingerprint density at radius 1 is 1.15 bits per heavy atom. The normalized spacial score (nSPS) is 22.4. The van der Waals surface area contributed by atoms with Gasteiger partial charge in [0.1, 0.15) is 11.9 Å². The summed E-state index contributed by atoms with van der Waals surface area (Å²) in [5.74, 6) is -0.122. The van der Waals surface area contributed by atoms with Crippen molar-refractivity contribution in [1.82, 2.24) is 0 Å². The molecule has 0 spiro atoms. The van der Waals surface area contributed by atoms with E-state index in [1.165, 1.54) is 7.11 Å². The maximum atomic E-state index is 12.6. The largest absolute Gasteiger partial charge is 0.544 e. The van der Waals surface area contributed by atoms with Crippen LogP contribution in [-0.2, 0) is 18.7 Å². The summed E-state index contributed by atoms with van der Waals surface area (Å²) in [5.41, 5.74) is -0.355. The first-order chi connectivity index (χ1) is 12.5. The Bertz CT molecular complexity index is 897. The van der Waals surface area contributed by atoms with Gasteiger partial charge in [-0.15, -0.1) is 0 Å².